The highest BCUT2D eigenvalue weighted by Crippen LogP contribution is 2.47. The summed E-state index contributed by atoms with van der Waals surface area (Å²) in [7, 11) is 0. The molecular weight excluding hydrogens is 340 g/mol. The van der Waals surface area contributed by atoms with Gasteiger partial charge in [0, 0.05) is 24.5 Å². The number of carbonyl (C=O) groups is 1. The van der Waals surface area contributed by atoms with Crippen LogP contribution >= 0.6 is 0 Å². The molecule has 0 aromatic heterocycles. The van der Waals surface area contributed by atoms with Crippen LogP contribution in [0, 0.1) is 5.41 Å². The predicted molar refractivity (Wildman–Crippen MR) is 99.5 cm³/mol. The first-order valence-corrected chi connectivity index (χ1v) is 10.3. The molecule has 0 aromatic rings. The van der Waals surface area contributed by atoms with Crippen molar-refractivity contribution in [2.24, 2.45) is 5.41 Å². The molecule has 1 saturated carbocycles. The average Bonchev–Trinajstić information content (AvgIpc) is 2.72. The molecule has 1 aliphatic carbocycles. The molecule has 3 atom stereocenters. The Kier molecular flexibility index (Phi) is 6.04. The van der Waals surface area contributed by atoms with Gasteiger partial charge in [-0.15, -0.1) is 4.72 Å². The maximum absolute atomic E-state index is 12.5. The number of likely N-dealkylation sites (tertiary alicyclic amines) is 1. The maximum atomic E-state index is 12.5. The van der Waals surface area contributed by atoms with E-state index in [4.69, 9.17) is 4.74 Å². The highest BCUT2D eigenvalue weighted by atomic mass is 32.2. The Hall–Kier alpha value is -0.500. The Morgan fingerprint density at radius 1 is 1.24 bits per heavy atom. The zero-order chi connectivity index (χ0) is 19.0. The van der Waals surface area contributed by atoms with Gasteiger partial charge in [0.1, 0.15) is 10.3 Å². The summed E-state index contributed by atoms with van der Waals surface area (Å²) in [5, 5.41) is 10.2. The number of aliphatic hydroxyl groups excluding tert-OH is 1. The fourth-order valence-corrected chi connectivity index (χ4v) is 4.67. The van der Waals surface area contributed by atoms with Crippen molar-refractivity contribution in [2.45, 2.75) is 89.7 Å². The minimum atomic E-state index is -1.17. The van der Waals surface area contributed by atoms with E-state index >= 15 is 0 Å². The smallest absolute Gasteiger partial charge is 0.410 e. The molecule has 1 amide bonds. The van der Waals surface area contributed by atoms with E-state index in [0.29, 0.717) is 25.9 Å². The molecule has 1 heterocycles. The highest BCUT2D eigenvalue weighted by Gasteiger charge is 2.51. The van der Waals surface area contributed by atoms with Crippen molar-refractivity contribution in [3.8, 4) is 0 Å². The highest BCUT2D eigenvalue weighted by molar-refractivity contribution is 7.90. The summed E-state index contributed by atoms with van der Waals surface area (Å²) < 4.78 is 20.9. The number of piperidine rings is 1. The molecule has 1 unspecified atom stereocenters. The number of ether oxygens (including phenoxy) is 1. The topological polar surface area (TPSA) is 84.9 Å². The van der Waals surface area contributed by atoms with Crippen LogP contribution in [0.3, 0.4) is 0 Å². The fourth-order valence-electron chi connectivity index (χ4n) is 3.71. The van der Waals surface area contributed by atoms with Crippen molar-refractivity contribution < 1.29 is 19.2 Å². The number of hydrogen-bond acceptors (Lipinski definition) is 5. The van der Waals surface area contributed by atoms with Crippen LogP contribution in [0.2, 0.25) is 0 Å². The first kappa shape index (κ1) is 20.8. The molecule has 1 saturated heterocycles. The standard InChI is InChI=1S/C18H34N2O4S/c1-16(2,3)24-15(22)20-9-7-18(8-10-20)12-13(21)11-14(18)19-25(23)17(4,5)6/h13-14,19,21H,7-12H2,1-6H3/t13-,14+,25?/m0/s1. The molecule has 146 valence electrons. The van der Waals surface area contributed by atoms with E-state index in [1.807, 2.05) is 41.5 Å². The third kappa shape index (κ3) is 5.25. The molecule has 2 aliphatic rings. The Labute approximate surface area is 155 Å². The van der Waals surface area contributed by atoms with Crippen LogP contribution in [0.4, 0.5) is 4.79 Å². The molecule has 25 heavy (non-hydrogen) atoms. The number of nitrogens with zero attached hydrogens (tertiary/aromatic N) is 1. The van der Waals surface area contributed by atoms with Crippen LogP contribution in [0.5, 0.6) is 0 Å². The van der Waals surface area contributed by atoms with Gasteiger partial charge < -0.3 is 19.3 Å². The normalized spacial score (nSPS) is 28.2. The van der Waals surface area contributed by atoms with Crippen LogP contribution in [-0.4, -0.2) is 56.2 Å². The van der Waals surface area contributed by atoms with Crippen molar-refractivity contribution in [1.82, 2.24) is 9.62 Å². The van der Waals surface area contributed by atoms with Crippen molar-refractivity contribution in [1.29, 1.82) is 0 Å². The molecule has 2 fully saturated rings. The Morgan fingerprint density at radius 2 is 1.80 bits per heavy atom. The lowest BCUT2D eigenvalue weighted by atomic mass is 9.74. The molecule has 0 aromatic carbocycles. The van der Waals surface area contributed by atoms with Crippen molar-refractivity contribution >= 4 is 17.5 Å². The summed E-state index contributed by atoms with van der Waals surface area (Å²) in [5.74, 6) is 0. The van der Waals surface area contributed by atoms with Gasteiger partial charge in [-0.2, -0.15) is 0 Å². The molecule has 7 heteroatoms. The van der Waals surface area contributed by atoms with E-state index in [1.54, 1.807) is 4.90 Å². The van der Waals surface area contributed by atoms with Crippen molar-refractivity contribution in [3.63, 3.8) is 0 Å². The summed E-state index contributed by atoms with van der Waals surface area (Å²) in [6.45, 7) is 12.7. The van der Waals surface area contributed by atoms with Gasteiger partial charge in [0.15, 0.2) is 0 Å². The predicted octanol–water partition coefficient (Wildman–Crippen LogP) is 2.58. The molecule has 2 N–H and O–H groups in total. The van der Waals surface area contributed by atoms with Crippen LogP contribution in [0.25, 0.3) is 0 Å². The number of hydrogen-bond donors (Lipinski definition) is 2. The first-order chi connectivity index (χ1) is 11.3. The summed E-state index contributed by atoms with van der Waals surface area (Å²) in [6, 6.07) is 0.0170. The van der Waals surface area contributed by atoms with Gasteiger partial charge in [-0.3, -0.25) is 0 Å². The van der Waals surface area contributed by atoms with Gasteiger partial charge in [-0.25, -0.2) is 4.79 Å². The lowest BCUT2D eigenvalue weighted by Gasteiger charge is -2.43. The summed E-state index contributed by atoms with van der Waals surface area (Å²) in [5.41, 5.74) is -0.595. The second-order valence-corrected chi connectivity index (χ2v) is 11.5. The number of carbonyl (C=O) groups excluding carboxylic acids is 1. The first-order valence-electron chi connectivity index (χ1n) is 9.16. The molecule has 2 rings (SSSR count). The Balaban J connectivity index is 2.00. The molecular formula is C18H34N2O4S. The second kappa shape index (κ2) is 7.25. The van der Waals surface area contributed by atoms with Crippen LogP contribution in [0.1, 0.15) is 67.2 Å². The zero-order valence-corrected chi connectivity index (χ0v) is 17.2. The quantitative estimate of drug-likeness (QED) is 0.726. The SMILES string of the molecule is CC(C)(C)OC(=O)N1CCC2(CC1)C[C@@H](O)C[C@H]2N[S+]([O-])C(C)(C)C. The van der Waals surface area contributed by atoms with Crippen LogP contribution in [-0.2, 0) is 16.1 Å². The van der Waals surface area contributed by atoms with Crippen molar-refractivity contribution in [3.05, 3.63) is 0 Å². The third-order valence-electron chi connectivity index (χ3n) is 5.11. The number of rotatable bonds is 2. The number of amides is 1. The lowest BCUT2D eigenvalue weighted by molar-refractivity contribution is 0.00686. The second-order valence-electron chi connectivity index (χ2n) is 9.47. The van der Waals surface area contributed by atoms with E-state index in [9.17, 15) is 14.5 Å². The molecule has 0 bridgehead atoms. The monoisotopic (exact) mass is 374 g/mol. The third-order valence-corrected chi connectivity index (χ3v) is 6.72. The largest absolute Gasteiger partial charge is 0.598 e. The molecule has 1 aliphatic heterocycles. The van der Waals surface area contributed by atoms with Crippen LogP contribution < -0.4 is 4.72 Å². The average molecular weight is 375 g/mol. The number of aliphatic hydroxyl groups is 1. The van der Waals surface area contributed by atoms with Gasteiger partial charge in [0.2, 0.25) is 0 Å². The summed E-state index contributed by atoms with van der Waals surface area (Å²) >= 11 is -1.17. The minimum absolute atomic E-state index is 0.0170. The fraction of sp³-hybridized carbons (Fsp3) is 0.944. The van der Waals surface area contributed by atoms with E-state index in [0.717, 1.165) is 12.8 Å². The minimum Gasteiger partial charge on any atom is -0.598 e. The Morgan fingerprint density at radius 3 is 2.28 bits per heavy atom. The van der Waals surface area contributed by atoms with E-state index in [-0.39, 0.29) is 28.4 Å². The number of nitrogens with one attached hydrogen (secondary N) is 1. The van der Waals surface area contributed by atoms with Gasteiger partial charge in [-0.05, 0) is 72.6 Å². The molecule has 0 radical (unpaired) electrons. The molecule has 6 nitrogen and oxygen atoms in total. The van der Waals surface area contributed by atoms with Gasteiger partial charge in [-0.1, -0.05) is 0 Å². The summed E-state index contributed by atoms with van der Waals surface area (Å²) in [4.78, 5) is 14.0. The zero-order valence-electron chi connectivity index (χ0n) is 16.4. The van der Waals surface area contributed by atoms with E-state index in [1.165, 1.54) is 0 Å². The lowest BCUT2D eigenvalue weighted by Crippen LogP contribution is -2.54. The van der Waals surface area contributed by atoms with Crippen molar-refractivity contribution in [2.75, 3.05) is 13.1 Å². The molecule has 1 spiro atoms. The van der Waals surface area contributed by atoms with E-state index in [2.05, 4.69) is 4.72 Å². The van der Waals surface area contributed by atoms with Gasteiger partial charge in [0.25, 0.3) is 0 Å². The van der Waals surface area contributed by atoms with E-state index < -0.39 is 17.0 Å². The summed E-state index contributed by atoms with van der Waals surface area (Å²) in [6.07, 6.45) is 2.26. The van der Waals surface area contributed by atoms with Crippen LogP contribution in [0.15, 0.2) is 0 Å². The maximum Gasteiger partial charge on any atom is 0.410 e. The Bertz CT molecular complexity index is 478. The van der Waals surface area contributed by atoms with Gasteiger partial charge in [0.05, 0.1) is 12.1 Å². The van der Waals surface area contributed by atoms with Gasteiger partial charge >= 0.3 is 6.09 Å².